The number of rotatable bonds is 10. The molecule has 0 fully saturated rings. The maximum atomic E-state index is 12.9. The summed E-state index contributed by atoms with van der Waals surface area (Å²) in [4.78, 5) is 25.3. The Morgan fingerprint density at radius 3 is 2.11 bits per heavy atom. The fraction of sp³-hybridized carbons (Fsp3) is 0.652. The van der Waals surface area contributed by atoms with E-state index < -0.39 is 5.54 Å². The van der Waals surface area contributed by atoms with Gasteiger partial charge in [0.1, 0.15) is 0 Å². The van der Waals surface area contributed by atoms with E-state index >= 15 is 0 Å². The number of nitrogens with one attached hydrogen (secondary N) is 1. The smallest absolute Gasteiger partial charge is 0.272 e. The fourth-order valence-corrected chi connectivity index (χ4v) is 3.03. The first kappa shape index (κ1) is 23.2. The zero-order chi connectivity index (χ0) is 20.3. The molecular formula is C23H38N2O2. The average molecular weight is 375 g/mol. The number of aryl methyl sites for hydroxylation is 1. The number of carbonyl (C=O) groups is 2. The van der Waals surface area contributed by atoms with E-state index in [1.54, 1.807) is 6.07 Å². The molecule has 0 radical (unpaired) electrons. The lowest BCUT2D eigenvalue weighted by Gasteiger charge is -2.35. The molecule has 0 unspecified atom stereocenters. The molecule has 1 N–H and O–H groups in total. The first-order chi connectivity index (χ1) is 12.8. The Labute approximate surface area is 165 Å². The van der Waals surface area contributed by atoms with E-state index in [4.69, 9.17) is 0 Å². The predicted molar refractivity (Wildman–Crippen MR) is 112 cm³/mol. The Kier molecular flexibility index (Phi) is 10.1. The average Bonchev–Trinajstić information content (AvgIpc) is 2.60. The summed E-state index contributed by atoms with van der Waals surface area (Å²) in [6.07, 6.45) is 10.0. The molecule has 0 aliphatic rings. The minimum atomic E-state index is -0.490. The molecular weight excluding hydrogens is 336 g/mol. The second-order valence-corrected chi connectivity index (χ2v) is 8.44. The van der Waals surface area contributed by atoms with E-state index in [0.29, 0.717) is 12.0 Å². The summed E-state index contributed by atoms with van der Waals surface area (Å²) in [6, 6.07) is 7.47. The van der Waals surface area contributed by atoms with Crippen molar-refractivity contribution in [1.82, 2.24) is 10.4 Å². The monoisotopic (exact) mass is 374 g/mol. The number of hydrogen-bond donors (Lipinski definition) is 1. The summed E-state index contributed by atoms with van der Waals surface area (Å²) in [5, 5.41) is 1.47. The van der Waals surface area contributed by atoms with Crippen molar-refractivity contribution in [2.75, 3.05) is 0 Å². The third-order valence-electron chi connectivity index (χ3n) is 4.63. The lowest BCUT2D eigenvalue weighted by Crippen LogP contribution is -2.55. The van der Waals surface area contributed by atoms with Gasteiger partial charge in [0.15, 0.2) is 0 Å². The Morgan fingerprint density at radius 2 is 1.56 bits per heavy atom. The molecule has 0 atom stereocenters. The zero-order valence-electron chi connectivity index (χ0n) is 17.9. The highest BCUT2D eigenvalue weighted by molar-refractivity contribution is 5.96. The molecule has 2 amide bonds. The van der Waals surface area contributed by atoms with Gasteiger partial charge in [0.2, 0.25) is 5.91 Å². The molecule has 1 aromatic carbocycles. The maximum absolute atomic E-state index is 12.9. The third-order valence-corrected chi connectivity index (χ3v) is 4.63. The largest absolute Gasteiger partial charge is 0.273 e. The molecule has 0 aliphatic heterocycles. The van der Waals surface area contributed by atoms with E-state index in [2.05, 4.69) is 12.3 Å². The van der Waals surface area contributed by atoms with E-state index in [9.17, 15) is 9.59 Å². The van der Waals surface area contributed by atoms with Crippen LogP contribution in [0.3, 0.4) is 0 Å². The van der Waals surface area contributed by atoms with Gasteiger partial charge >= 0.3 is 0 Å². The molecule has 0 spiro atoms. The van der Waals surface area contributed by atoms with Gasteiger partial charge in [-0.15, -0.1) is 0 Å². The number of nitrogens with zero attached hydrogens (tertiary/aromatic N) is 1. The van der Waals surface area contributed by atoms with Crippen LogP contribution < -0.4 is 5.43 Å². The second-order valence-electron chi connectivity index (χ2n) is 8.44. The van der Waals surface area contributed by atoms with Crippen LogP contribution in [0.25, 0.3) is 0 Å². The third kappa shape index (κ3) is 9.07. The molecule has 4 nitrogen and oxygen atoms in total. The second kappa shape index (κ2) is 11.8. The van der Waals surface area contributed by atoms with Crippen LogP contribution in [0.5, 0.6) is 0 Å². The molecule has 0 heterocycles. The van der Waals surface area contributed by atoms with Crippen LogP contribution in [0.1, 0.15) is 101 Å². The number of carbonyl (C=O) groups excluding carboxylic acids is 2. The summed E-state index contributed by atoms with van der Waals surface area (Å²) in [5.41, 5.74) is 3.97. The first-order valence-corrected chi connectivity index (χ1v) is 10.5. The van der Waals surface area contributed by atoms with Gasteiger partial charge in [-0.25, -0.2) is 5.01 Å². The predicted octanol–water partition coefficient (Wildman–Crippen LogP) is 5.80. The number of hydrogen-bond acceptors (Lipinski definition) is 2. The molecule has 27 heavy (non-hydrogen) atoms. The number of benzene rings is 1. The molecule has 4 heteroatoms. The molecule has 0 saturated heterocycles. The van der Waals surface area contributed by atoms with E-state index in [0.717, 1.165) is 18.4 Å². The van der Waals surface area contributed by atoms with Gasteiger partial charge in [0.05, 0.1) is 5.54 Å². The minimum absolute atomic E-state index is 0.0862. The molecule has 0 aromatic heterocycles. The van der Waals surface area contributed by atoms with Crippen molar-refractivity contribution in [1.29, 1.82) is 0 Å². The van der Waals surface area contributed by atoms with Crippen molar-refractivity contribution in [2.24, 2.45) is 0 Å². The van der Waals surface area contributed by atoms with Gasteiger partial charge in [-0.2, -0.15) is 0 Å². The van der Waals surface area contributed by atoms with Crippen LogP contribution in [-0.2, 0) is 4.79 Å². The molecule has 1 aromatic rings. The van der Waals surface area contributed by atoms with Crippen LogP contribution in [0.15, 0.2) is 24.3 Å². The first-order valence-electron chi connectivity index (χ1n) is 10.5. The van der Waals surface area contributed by atoms with Crippen LogP contribution in [0, 0.1) is 6.92 Å². The SMILES string of the molecule is CCCCCCCCCCC(=O)NN(C(=O)c1cccc(C)c1)C(C)(C)C. The Bertz CT molecular complexity index is 590. The number of unbranched alkanes of at least 4 members (excludes halogenated alkanes) is 7. The van der Waals surface area contributed by atoms with E-state index in [-0.39, 0.29) is 11.8 Å². The lowest BCUT2D eigenvalue weighted by molar-refractivity contribution is -0.127. The van der Waals surface area contributed by atoms with Gasteiger partial charge in [0.25, 0.3) is 5.91 Å². The van der Waals surface area contributed by atoms with Gasteiger partial charge in [-0.05, 0) is 46.2 Å². The summed E-state index contributed by atoms with van der Waals surface area (Å²) >= 11 is 0. The Hall–Kier alpha value is -1.84. The summed E-state index contributed by atoms with van der Waals surface area (Å²) in [7, 11) is 0. The number of amides is 2. The highest BCUT2D eigenvalue weighted by atomic mass is 16.2. The molecule has 152 valence electrons. The molecule has 1 rings (SSSR count). The Balaban J connectivity index is 2.48. The molecule has 0 saturated carbocycles. The lowest BCUT2D eigenvalue weighted by atomic mass is 10.1. The normalized spacial score (nSPS) is 11.3. The van der Waals surface area contributed by atoms with Gasteiger partial charge in [-0.1, -0.05) is 69.6 Å². The maximum Gasteiger partial charge on any atom is 0.272 e. The van der Waals surface area contributed by atoms with Crippen molar-refractivity contribution < 1.29 is 9.59 Å². The van der Waals surface area contributed by atoms with Crippen LogP contribution in [0.4, 0.5) is 0 Å². The quantitative estimate of drug-likeness (QED) is 0.416. The Morgan fingerprint density at radius 1 is 0.963 bits per heavy atom. The summed E-state index contributed by atoms with van der Waals surface area (Å²) in [5.74, 6) is -0.257. The minimum Gasteiger partial charge on any atom is -0.273 e. The van der Waals surface area contributed by atoms with Gasteiger partial charge in [0, 0.05) is 12.0 Å². The van der Waals surface area contributed by atoms with Gasteiger partial charge < -0.3 is 0 Å². The van der Waals surface area contributed by atoms with Crippen molar-refractivity contribution >= 4 is 11.8 Å². The summed E-state index contributed by atoms with van der Waals surface area (Å²) in [6.45, 7) is 9.97. The van der Waals surface area contributed by atoms with E-state index in [1.165, 1.54) is 43.5 Å². The van der Waals surface area contributed by atoms with Crippen molar-refractivity contribution in [3.05, 3.63) is 35.4 Å². The highest BCUT2D eigenvalue weighted by Gasteiger charge is 2.29. The van der Waals surface area contributed by atoms with Crippen LogP contribution >= 0.6 is 0 Å². The topological polar surface area (TPSA) is 49.4 Å². The van der Waals surface area contributed by atoms with Crippen molar-refractivity contribution in [3.8, 4) is 0 Å². The number of hydrazine groups is 1. The van der Waals surface area contributed by atoms with Crippen LogP contribution in [0.2, 0.25) is 0 Å². The fourth-order valence-electron chi connectivity index (χ4n) is 3.03. The van der Waals surface area contributed by atoms with Crippen LogP contribution in [-0.4, -0.2) is 22.4 Å². The summed E-state index contributed by atoms with van der Waals surface area (Å²) < 4.78 is 0. The zero-order valence-corrected chi connectivity index (χ0v) is 17.9. The van der Waals surface area contributed by atoms with Crippen molar-refractivity contribution in [2.45, 2.75) is 97.9 Å². The molecule has 0 bridgehead atoms. The molecule has 0 aliphatic carbocycles. The highest BCUT2D eigenvalue weighted by Crippen LogP contribution is 2.16. The van der Waals surface area contributed by atoms with Crippen molar-refractivity contribution in [3.63, 3.8) is 0 Å². The van der Waals surface area contributed by atoms with E-state index in [1.807, 2.05) is 45.9 Å². The van der Waals surface area contributed by atoms with Gasteiger partial charge in [-0.3, -0.25) is 15.0 Å². The standard InChI is InChI=1S/C23H38N2O2/c1-6-7-8-9-10-11-12-13-17-21(26)24-25(23(3,4)5)22(27)20-16-14-15-19(2)18-20/h14-16,18H,6-13,17H2,1-5H3,(H,24,26).